The fraction of sp³-hybridized carbons (Fsp3) is 0.200. The van der Waals surface area contributed by atoms with Crippen LogP contribution in [0.5, 0.6) is 0 Å². The maximum atomic E-state index is 11.4. The van der Waals surface area contributed by atoms with E-state index >= 15 is 0 Å². The van der Waals surface area contributed by atoms with Crippen LogP contribution in [0.25, 0.3) is 5.78 Å². The number of carbonyl (C=O) groups excluding carboxylic acids is 1. The molecule has 2 aromatic rings. The van der Waals surface area contributed by atoms with Crippen LogP contribution in [-0.2, 0) is 9.53 Å². The van der Waals surface area contributed by atoms with Crippen LogP contribution in [0.4, 0.5) is 0 Å². The highest BCUT2D eigenvalue weighted by molar-refractivity contribution is 8.03. The number of ether oxygens (including phenoxy) is 1. The topological polar surface area (TPSA) is 69.4 Å². The molecule has 3 rings (SSSR count). The molecule has 0 unspecified atom stereocenters. The van der Waals surface area contributed by atoms with Crippen LogP contribution < -0.4 is 0 Å². The smallest absolute Gasteiger partial charge is 0.344 e. The lowest BCUT2D eigenvalue weighted by Crippen LogP contribution is -2.11. The first kappa shape index (κ1) is 10.3. The predicted octanol–water partition coefficient (Wildman–Crippen LogP) is 1.05. The molecule has 0 aromatic carbocycles. The minimum absolute atomic E-state index is 0.312. The van der Waals surface area contributed by atoms with E-state index < -0.39 is 0 Å². The molecule has 1 aliphatic heterocycles. The van der Waals surface area contributed by atoms with Gasteiger partial charge in [0.15, 0.2) is 0 Å². The van der Waals surface area contributed by atoms with E-state index in [1.807, 2.05) is 6.08 Å². The second kappa shape index (κ2) is 4.17. The lowest BCUT2D eigenvalue weighted by atomic mass is 10.3. The largest absolute Gasteiger partial charge is 0.461 e. The normalized spacial score (nSPS) is 15.8. The van der Waals surface area contributed by atoms with Gasteiger partial charge in [0.1, 0.15) is 0 Å². The van der Waals surface area contributed by atoms with E-state index in [-0.39, 0.29) is 5.97 Å². The van der Waals surface area contributed by atoms with Gasteiger partial charge in [-0.05, 0) is 17.8 Å². The summed E-state index contributed by atoms with van der Waals surface area (Å²) < 4.78 is 6.50. The highest BCUT2D eigenvalue weighted by Gasteiger charge is 2.18. The van der Waals surface area contributed by atoms with Gasteiger partial charge in [-0.15, -0.1) is 5.10 Å². The summed E-state index contributed by atoms with van der Waals surface area (Å²) in [6.45, 7) is 0.447. The summed E-state index contributed by atoms with van der Waals surface area (Å²) >= 11 is 1.20. The Hall–Kier alpha value is -1.89. The van der Waals surface area contributed by atoms with Gasteiger partial charge in [0, 0.05) is 18.8 Å². The number of hydrogen-bond donors (Lipinski definition) is 0. The zero-order valence-electron chi connectivity index (χ0n) is 8.74. The molecular formula is C10H8N4O2S. The van der Waals surface area contributed by atoms with E-state index in [1.54, 1.807) is 23.0 Å². The molecule has 0 amide bonds. The van der Waals surface area contributed by atoms with Gasteiger partial charge < -0.3 is 4.74 Å². The molecule has 17 heavy (non-hydrogen) atoms. The lowest BCUT2D eigenvalue weighted by Gasteiger charge is -2.10. The van der Waals surface area contributed by atoms with Crippen molar-refractivity contribution in [2.75, 3.05) is 6.61 Å². The second-order valence-corrected chi connectivity index (χ2v) is 4.36. The molecule has 86 valence electrons. The standard InChI is InChI=1S/C10H8N4O2S/c15-8-7(3-1-6-16-8)17-10-12-9-11-4-2-5-14(9)13-10/h2-5H,1,6H2. The van der Waals surface area contributed by atoms with Crippen LogP contribution in [-0.4, -0.2) is 32.2 Å². The fourth-order valence-corrected chi connectivity index (χ4v) is 2.23. The van der Waals surface area contributed by atoms with E-state index in [4.69, 9.17) is 4.74 Å². The Morgan fingerprint density at radius 2 is 2.41 bits per heavy atom. The zero-order valence-corrected chi connectivity index (χ0v) is 9.55. The lowest BCUT2D eigenvalue weighted by molar-refractivity contribution is -0.138. The summed E-state index contributed by atoms with van der Waals surface area (Å²) in [5, 5.41) is 4.69. The van der Waals surface area contributed by atoms with Crippen molar-refractivity contribution in [2.24, 2.45) is 0 Å². The maximum Gasteiger partial charge on any atom is 0.344 e. The molecule has 0 radical (unpaired) electrons. The quantitative estimate of drug-likeness (QED) is 0.740. The summed E-state index contributed by atoms with van der Waals surface area (Å²) in [4.78, 5) is 20.2. The molecule has 0 bridgehead atoms. The van der Waals surface area contributed by atoms with Crippen LogP contribution in [0.3, 0.4) is 0 Å². The summed E-state index contributed by atoms with van der Waals surface area (Å²) in [5.41, 5.74) is 0. The summed E-state index contributed by atoms with van der Waals surface area (Å²) in [6.07, 6.45) is 5.98. The van der Waals surface area contributed by atoms with Crippen LogP contribution >= 0.6 is 11.8 Å². The number of esters is 1. The Bertz CT molecular complexity index is 574. The summed E-state index contributed by atoms with van der Waals surface area (Å²) in [7, 11) is 0. The number of thioether (sulfide) groups is 1. The van der Waals surface area contributed by atoms with E-state index in [1.165, 1.54) is 11.8 Å². The third-order valence-corrected chi connectivity index (χ3v) is 3.09. The van der Waals surface area contributed by atoms with E-state index in [2.05, 4.69) is 15.1 Å². The molecule has 6 nitrogen and oxygen atoms in total. The predicted molar refractivity (Wildman–Crippen MR) is 60.3 cm³/mol. The number of aromatic nitrogens is 4. The molecule has 0 N–H and O–H groups in total. The first-order valence-corrected chi connectivity index (χ1v) is 5.87. The molecule has 0 saturated heterocycles. The van der Waals surface area contributed by atoms with Gasteiger partial charge in [-0.25, -0.2) is 14.3 Å². The van der Waals surface area contributed by atoms with Crippen molar-refractivity contribution in [3.63, 3.8) is 0 Å². The van der Waals surface area contributed by atoms with E-state index in [9.17, 15) is 4.79 Å². The van der Waals surface area contributed by atoms with Gasteiger partial charge in [0.25, 0.3) is 5.78 Å². The number of fused-ring (bicyclic) bond motifs is 1. The maximum absolute atomic E-state index is 11.4. The van der Waals surface area contributed by atoms with Crippen LogP contribution in [0, 0.1) is 0 Å². The van der Waals surface area contributed by atoms with Crippen molar-refractivity contribution in [3.05, 3.63) is 29.4 Å². The van der Waals surface area contributed by atoms with Gasteiger partial charge in [-0.3, -0.25) is 0 Å². The molecule has 1 aliphatic rings. The Morgan fingerprint density at radius 3 is 3.24 bits per heavy atom. The Morgan fingerprint density at radius 1 is 1.47 bits per heavy atom. The molecule has 7 heteroatoms. The monoisotopic (exact) mass is 248 g/mol. The minimum atomic E-state index is -0.312. The molecular weight excluding hydrogens is 240 g/mol. The Kier molecular flexibility index (Phi) is 2.52. The van der Waals surface area contributed by atoms with Crippen LogP contribution in [0.1, 0.15) is 6.42 Å². The molecule has 3 heterocycles. The number of hydrogen-bond acceptors (Lipinski definition) is 6. The molecule has 0 spiro atoms. The molecule has 2 aromatic heterocycles. The van der Waals surface area contributed by atoms with Crippen molar-refractivity contribution in [2.45, 2.75) is 11.6 Å². The average Bonchev–Trinajstić information content (AvgIpc) is 2.74. The third kappa shape index (κ3) is 2.01. The van der Waals surface area contributed by atoms with Crippen molar-refractivity contribution >= 4 is 23.5 Å². The van der Waals surface area contributed by atoms with Gasteiger partial charge in [-0.1, -0.05) is 6.08 Å². The molecule has 0 fully saturated rings. The van der Waals surface area contributed by atoms with Gasteiger partial charge in [0.2, 0.25) is 5.16 Å². The van der Waals surface area contributed by atoms with Gasteiger partial charge >= 0.3 is 5.97 Å². The fourth-order valence-electron chi connectivity index (χ4n) is 1.43. The first-order chi connectivity index (χ1) is 8.33. The molecule has 0 saturated carbocycles. The highest BCUT2D eigenvalue weighted by Crippen LogP contribution is 2.27. The first-order valence-electron chi connectivity index (χ1n) is 5.05. The van der Waals surface area contributed by atoms with Crippen LogP contribution in [0.2, 0.25) is 0 Å². The number of carbonyl (C=O) groups is 1. The van der Waals surface area contributed by atoms with Crippen LogP contribution in [0.15, 0.2) is 34.6 Å². The van der Waals surface area contributed by atoms with Crippen molar-refractivity contribution in [1.29, 1.82) is 0 Å². The van der Waals surface area contributed by atoms with E-state index in [0.717, 1.165) is 6.42 Å². The van der Waals surface area contributed by atoms with E-state index in [0.29, 0.717) is 22.4 Å². The van der Waals surface area contributed by atoms with Gasteiger partial charge in [-0.2, -0.15) is 4.98 Å². The molecule has 0 aliphatic carbocycles. The number of rotatable bonds is 2. The third-order valence-electron chi connectivity index (χ3n) is 2.18. The second-order valence-electron chi connectivity index (χ2n) is 3.35. The summed E-state index contributed by atoms with van der Waals surface area (Å²) in [6, 6.07) is 1.77. The van der Waals surface area contributed by atoms with Crippen molar-refractivity contribution in [1.82, 2.24) is 19.6 Å². The molecule has 0 atom stereocenters. The number of nitrogens with zero attached hydrogens (tertiary/aromatic N) is 4. The minimum Gasteiger partial charge on any atom is -0.461 e. The average molecular weight is 248 g/mol. The summed E-state index contributed by atoms with van der Waals surface area (Å²) in [5.74, 6) is 0.202. The van der Waals surface area contributed by atoms with Crippen molar-refractivity contribution in [3.8, 4) is 0 Å². The zero-order chi connectivity index (χ0) is 11.7. The van der Waals surface area contributed by atoms with Crippen molar-refractivity contribution < 1.29 is 9.53 Å². The highest BCUT2D eigenvalue weighted by atomic mass is 32.2. The Balaban J connectivity index is 1.89. The number of cyclic esters (lactones) is 1. The Labute approximate surface area is 101 Å². The SMILES string of the molecule is O=C1OCCC=C1Sc1nc2ncccn2n1. The van der Waals surface area contributed by atoms with Gasteiger partial charge in [0.05, 0.1) is 11.5 Å².